The molecule has 1 aromatic rings. The third-order valence-corrected chi connectivity index (χ3v) is 3.34. The van der Waals surface area contributed by atoms with Crippen molar-refractivity contribution in [1.82, 2.24) is 5.32 Å². The highest BCUT2D eigenvalue weighted by Crippen LogP contribution is 2.29. The van der Waals surface area contributed by atoms with E-state index in [9.17, 15) is 4.79 Å². The summed E-state index contributed by atoms with van der Waals surface area (Å²) in [6, 6.07) is 5.67. The summed E-state index contributed by atoms with van der Waals surface area (Å²) in [6.45, 7) is 11.7. The van der Waals surface area contributed by atoms with Crippen molar-refractivity contribution in [1.29, 1.82) is 0 Å². The average molecular weight is 359 g/mol. The molecule has 3 N–H and O–H groups in total. The van der Waals surface area contributed by atoms with Gasteiger partial charge in [-0.05, 0) is 43.4 Å². The van der Waals surface area contributed by atoms with Gasteiger partial charge in [0.1, 0.15) is 0 Å². The van der Waals surface area contributed by atoms with Crippen LogP contribution in [0.3, 0.4) is 0 Å². The van der Waals surface area contributed by atoms with Crippen LogP contribution in [0, 0.1) is 5.41 Å². The second kappa shape index (κ2) is 9.14. The smallest absolute Gasteiger partial charge is 0.255 e. The van der Waals surface area contributed by atoms with Crippen molar-refractivity contribution in [3.63, 3.8) is 0 Å². The minimum Gasteiger partial charge on any atom is -0.493 e. The number of methoxy groups -OCH3 is 1. The van der Waals surface area contributed by atoms with Crippen molar-refractivity contribution in [3.8, 4) is 11.5 Å². The first-order chi connectivity index (χ1) is 10.5. The minimum atomic E-state index is -0.512. The number of hydrogen-bond donors (Lipinski definition) is 2. The van der Waals surface area contributed by atoms with Gasteiger partial charge < -0.3 is 20.5 Å². The fourth-order valence-electron chi connectivity index (χ4n) is 2.82. The molecule has 0 spiro atoms. The van der Waals surface area contributed by atoms with Gasteiger partial charge in [0.15, 0.2) is 18.1 Å². The molecule has 24 heavy (non-hydrogen) atoms. The van der Waals surface area contributed by atoms with E-state index in [1.54, 1.807) is 13.2 Å². The SMILES string of the molecule is COc1cc(CNC(C)(C)CC(C)(C)C)ccc1OCC(N)=O.Cl. The van der Waals surface area contributed by atoms with E-state index in [4.69, 9.17) is 15.2 Å². The van der Waals surface area contributed by atoms with Gasteiger partial charge in [-0.3, -0.25) is 4.79 Å². The van der Waals surface area contributed by atoms with Crippen molar-refractivity contribution in [2.45, 2.75) is 53.1 Å². The Bertz CT molecular complexity index is 540. The Hall–Kier alpha value is -1.46. The second-order valence-corrected chi connectivity index (χ2v) is 7.72. The van der Waals surface area contributed by atoms with Crippen molar-refractivity contribution in [2.24, 2.45) is 11.1 Å². The van der Waals surface area contributed by atoms with Crippen LogP contribution in [0.15, 0.2) is 18.2 Å². The monoisotopic (exact) mass is 358 g/mol. The molecule has 0 aliphatic carbocycles. The van der Waals surface area contributed by atoms with Crippen molar-refractivity contribution in [3.05, 3.63) is 23.8 Å². The fourth-order valence-corrected chi connectivity index (χ4v) is 2.82. The molecular formula is C18H31ClN2O3. The largest absolute Gasteiger partial charge is 0.493 e. The average Bonchev–Trinajstić information content (AvgIpc) is 2.40. The predicted octanol–water partition coefficient (Wildman–Crippen LogP) is 3.29. The van der Waals surface area contributed by atoms with E-state index < -0.39 is 5.91 Å². The molecule has 0 aliphatic heterocycles. The zero-order valence-electron chi connectivity index (χ0n) is 15.6. The fraction of sp³-hybridized carbons (Fsp3) is 0.611. The Balaban J connectivity index is 0.00000529. The molecular weight excluding hydrogens is 328 g/mol. The Morgan fingerprint density at radius 1 is 1.17 bits per heavy atom. The number of nitrogens with two attached hydrogens (primary N) is 1. The molecule has 1 amide bonds. The third-order valence-electron chi connectivity index (χ3n) is 3.34. The first kappa shape index (κ1) is 22.5. The van der Waals surface area contributed by atoms with Crippen LogP contribution in [-0.2, 0) is 11.3 Å². The van der Waals surface area contributed by atoms with E-state index in [0.29, 0.717) is 11.5 Å². The number of benzene rings is 1. The molecule has 0 aromatic heterocycles. The van der Waals surface area contributed by atoms with E-state index >= 15 is 0 Å². The molecule has 0 radical (unpaired) electrons. The van der Waals surface area contributed by atoms with Gasteiger partial charge in [0.25, 0.3) is 5.91 Å². The second-order valence-electron chi connectivity index (χ2n) is 7.72. The quantitative estimate of drug-likeness (QED) is 0.747. The van der Waals surface area contributed by atoms with Crippen LogP contribution < -0.4 is 20.5 Å². The molecule has 0 fully saturated rings. The Morgan fingerprint density at radius 3 is 2.29 bits per heavy atom. The van der Waals surface area contributed by atoms with Gasteiger partial charge in [-0.25, -0.2) is 0 Å². The molecule has 138 valence electrons. The predicted molar refractivity (Wildman–Crippen MR) is 99.9 cm³/mol. The van der Waals surface area contributed by atoms with Gasteiger partial charge in [0.2, 0.25) is 0 Å². The summed E-state index contributed by atoms with van der Waals surface area (Å²) in [5.74, 6) is 0.602. The van der Waals surface area contributed by atoms with Crippen LogP contribution in [0.25, 0.3) is 0 Å². The lowest BCUT2D eigenvalue weighted by Gasteiger charge is -2.33. The molecule has 0 unspecified atom stereocenters. The lowest BCUT2D eigenvalue weighted by atomic mass is 9.82. The van der Waals surface area contributed by atoms with Gasteiger partial charge in [-0.1, -0.05) is 26.8 Å². The number of ether oxygens (including phenoxy) is 2. The zero-order valence-corrected chi connectivity index (χ0v) is 16.4. The molecule has 0 aliphatic rings. The number of rotatable bonds is 8. The number of primary amides is 1. The Morgan fingerprint density at radius 2 is 1.79 bits per heavy atom. The molecule has 1 rings (SSSR count). The van der Waals surface area contributed by atoms with Crippen LogP contribution in [0.5, 0.6) is 11.5 Å². The first-order valence-corrected chi connectivity index (χ1v) is 7.85. The van der Waals surface area contributed by atoms with E-state index in [-0.39, 0.29) is 30.0 Å². The van der Waals surface area contributed by atoms with Gasteiger partial charge >= 0.3 is 0 Å². The maximum Gasteiger partial charge on any atom is 0.255 e. The number of nitrogens with one attached hydrogen (secondary N) is 1. The van der Waals surface area contributed by atoms with E-state index in [1.807, 2.05) is 12.1 Å². The van der Waals surface area contributed by atoms with Crippen molar-refractivity contribution in [2.75, 3.05) is 13.7 Å². The summed E-state index contributed by atoms with van der Waals surface area (Å²) in [5.41, 5.74) is 6.48. The maximum absolute atomic E-state index is 10.8. The molecule has 5 nitrogen and oxygen atoms in total. The summed E-state index contributed by atoms with van der Waals surface area (Å²) < 4.78 is 10.7. The number of carbonyl (C=O) groups excluding carboxylic acids is 1. The lowest BCUT2D eigenvalue weighted by Crippen LogP contribution is -2.41. The first-order valence-electron chi connectivity index (χ1n) is 7.85. The summed E-state index contributed by atoms with van der Waals surface area (Å²) in [6.07, 6.45) is 1.07. The van der Waals surface area contributed by atoms with Gasteiger partial charge in [0.05, 0.1) is 7.11 Å². The van der Waals surface area contributed by atoms with Gasteiger partial charge in [-0.2, -0.15) is 0 Å². The molecule has 0 heterocycles. The molecule has 6 heteroatoms. The molecule has 1 aromatic carbocycles. The van der Waals surface area contributed by atoms with E-state index in [1.165, 1.54) is 0 Å². The van der Waals surface area contributed by atoms with Gasteiger partial charge in [0, 0.05) is 12.1 Å². The Kier molecular flexibility index (Phi) is 8.58. The molecule has 0 saturated heterocycles. The van der Waals surface area contributed by atoms with Crippen LogP contribution in [-0.4, -0.2) is 25.2 Å². The van der Waals surface area contributed by atoms with Crippen molar-refractivity contribution >= 4 is 18.3 Å². The highest BCUT2D eigenvalue weighted by Gasteiger charge is 2.24. The summed E-state index contributed by atoms with van der Waals surface area (Å²) in [7, 11) is 1.58. The number of hydrogen-bond acceptors (Lipinski definition) is 4. The van der Waals surface area contributed by atoms with Crippen LogP contribution in [0.1, 0.15) is 46.6 Å². The summed E-state index contributed by atoms with van der Waals surface area (Å²) in [4.78, 5) is 10.8. The minimum absolute atomic E-state index is 0. The summed E-state index contributed by atoms with van der Waals surface area (Å²) >= 11 is 0. The van der Waals surface area contributed by atoms with E-state index in [0.717, 1.165) is 18.5 Å². The van der Waals surface area contributed by atoms with Gasteiger partial charge in [-0.15, -0.1) is 12.4 Å². The third kappa shape index (κ3) is 8.41. The highest BCUT2D eigenvalue weighted by atomic mass is 35.5. The molecule has 0 bridgehead atoms. The molecule has 0 saturated carbocycles. The van der Waals surface area contributed by atoms with Crippen LogP contribution in [0.2, 0.25) is 0 Å². The number of carbonyl (C=O) groups is 1. The topological polar surface area (TPSA) is 73.6 Å². The zero-order chi connectivity index (χ0) is 17.7. The van der Waals surface area contributed by atoms with E-state index in [2.05, 4.69) is 39.9 Å². The normalized spacial score (nSPS) is 11.6. The highest BCUT2D eigenvalue weighted by molar-refractivity contribution is 5.85. The van der Waals surface area contributed by atoms with Crippen LogP contribution in [0.4, 0.5) is 0 Å². The number of amides is 1. The lowest BCUT2D eigenvalue weighted by molar-refractivity contribution is -0.119. The Labute approximate surface area is 151 Å². The number of halogens is 1. The summed E-state index contributed by atoms with van der Waals surface area (Å²) in [5, 5.41) is 3.58. The molecule has 0 atom stereocenters. The van der Waals surface area contributed by atoms with Crippen molar-refractivity contribution < 1.29 is 14.3 Å². The standard InChI is InChI=1S/C18H30N2O3.ClH/c1-17(2,3)12-18(4,5)20-10-13-7-8-14(15(9-13)22-6)23-11-16(19)21;/h7-9,20H,10-12H2,1-6H3,(H2,19,21);1H. The van der Waals surface area contributed by atoms with Crippen LogP contribution >= 0.6 is 12.4 Å². The maximum atomic E-state index is 10.8.